The fourth-order valence-electron chi connectivity index (χ4n) is 2.96. The summed E-state index contributed by atoms with van der Waals surface area (Å²) >= 11 is 0. The molecule has 0 aromatic heterocycles. The predicted molar refractivity (Wildman–Crippen MR) is 80.4 cm³/mol. The second-order valence-corrected chi connectivity index (χ2v) is 8.16. The third-order valence-corrected chi connectivity index (χ3v) is 5.46. The van der Waals surface area contributed by atoms with Crippen molar-refractivity contribution in [2.75, 3.05) is 11.6 Å². The van der Waals surface area contributed by atoms with Crippen LogP contribution in [0.15, 0.2) is 18.2 Å². The van der Waals surface area contributed by atoms with Gasteiger partial charge in [-0.15, -0.1) is 0 Å². The molecule has 2 unspecified atom stereocenters. The summed E-state index contributed by atoms with van der Waals surface area (Å²) in [6, 6.07) is 6.66. The van der Waals surface area contributed by atoms with Gasteiger partial charge >= 0.3 is 0 Å². The summed E-state index contributed by atoms with van der Waals surface area (Å²) in [5, 5.41) is 3.32. The monoisotopic (exact) mass is 281 g/mol. The van der Waals surface area contributed by atoms with E-state index in [9.17, 15) is 8.42 Å². The highest BCUT2D eigenvalue weighted by molar-refractivity contribution is 7.91. The van der Waals surface area contributed by atoms with Crippen molar-refractivity contribution < 1.29 is 8.42 Å². The molecule has 0 heterocycles. The Morgan fingerprint density at radius 1 is 1.11 bits per heavy atom. The molecule has 1 fully saturated rings. The fourth-order valence-corrected chi connectivity index (χ4v) is 4.14. The number of benzene rings is 1. The molecule has 1 aliphatic carbocycles. The van der Waals surface area contributed by atoms with E-state index in [1.807, 2.05) is 0 Å². The van der Waals surface area contributed by atoms with Crippen molar-refractivity contribution in [1.82, 2.24) is 0 Å². The lowest BCUT2D eigenvalue weighted by molar-refractivity contribution is 0.453. The summed E-state index contributed by atoms with van der Waals surface area (Å²) in [5.74, 6) is 0. The van der Waals surface area contributed by atoms with E-state index in [0.717, 1.165) is 31.4 Å². The molecule has 1 saturated carbocycles. The molecule has 0 bridgehead atoms. The minimum Gasteiger partial charge on any atom is -0.382 e. The molecule has 3 nitrogen and oxygen atoms in total. The first-order chi connectivity index (χ1) is 8.84. The molecule has 1 aliphatic rings. The van der Waals surface area contributed by atoms with Crippen LogP contribution in [0.25, 0.3) is 0 Å². The zero-order chi connectivity index (χ0) is 14.0. The van der Waals surface area contributed by atoms with Gasteiger partial charge in [-0.3, -0.25) is 0 Å². The minimum absolute atomic E-state index is 0.176. The van der Waals surface area contributed by atoms with Crippen molar-refractivity contribution in [1.29, 1.82) is 0 Å². The van der Waals surface area contributed by atoms with Crippen molar-refractivity contribution in [3.8, 4) is 0 Å². The number of anilines is 1. The summed E-state index contributed by atoms with van der Waals surface area (Å²) in [7, 11) is -2.91. The molecule has 4 heteroatoms. The van der Waals surface area contributed by atoms with Crippen molar-refractivity contribution >= 4 is 15.5 Å². The molecule has 0 amide bonds. The van der Waals surface area contributed by atoms with Crippen LogP contribution in [0.2, 0.25) is 0 Å². The molecular weight excluding hydrogens is 258 g/mol. The molecule has 0 radical (unpaired) electrons. The standard InChI is InChI=1S/C15H23NO2S/c1-11-7-12(2)9-14(8-11)16-13-5-4-6-15(10-13)19(3,17)18/h7-9,13,15-16H,4-6,10H2,1-3H3. The van der Waals surface area contributed by atoms with Crippen LogP contribution in [-0.2, 0) is 9.84 Å². The number of sulfone groups is 1. The maximum Gasteiger partial charge on any atom is 0.150 e. The predicted octanol–water partition coefficient (Wildman–Crippen LogP) is 3.07. The summed E-state index contributed by atoms with van der Waals surface area (Å²) in [6.07, 6.45) is 4.94. The molecule has 2 atom stereocenters. The first-order valence-electron chi connectivity index (χ1n) is 6.88. The van der Waals surface area contributed by atoms with E-state index in [4.69, 9.17) is 0 Å². The van der Waals surface area contributed by atoms with Gasteiger partial charge in [-0.05, 0) is 56.4 Å². The number of hydrogen-bond donors (Lipinski definition) is 1. The molecular formula is C15H23NO2S. The lowest BCUT2D eigenvalue weighted by Gasteiger charge is -2.29. The van der Waals surface area contributed by atoms with Gasteiger partial charge in [0.25, 0.3) is 0 Å². The van der Waals surface area contributed by atoms with E-state index in [2.05, 4.69) is 37.4 Å². The van der Waals surface area contributed by atoms with E-state index in [1.54, 1.807) is 0 Å². The van der Waals surface area contributed by atoms with Crippen LogP contribution in [-0.4, -0.2) is 26.0 Å². The third kappa shape index (κ3) is 3.96. The highest BCUT2D eigenvalue weighted by atomic mass is 32.2. The Bertz CT molecular complexity index is 531. The smallest absolute Gasteiger partial charge is 0.150 e. The van der Waals surface area contributed by atoms with Gasteiger partial charge in [-0.1, -0.05) is 12.5 Å². The van der Waals surface area contributed by atoms with Crippen LogP contribution >= 0.6 is 0 Å². The first-order valence-corrected chi connectivity index (χ1v) is 8.84. The van der Waals surface area contributed by atoms with Crippen LogP contribution in [0.1, 0.15) is 36.8 Å². The molecule has 0 saturated heterocycles. The van der Waals surface area contributed by atoms with Crippen LogP contribution in [0.4, 0.5) is 5.69 Å². The minimum atomic E-state index is -2.91. The Labute approximate surface area is 116 Å². The number of rotatable bonds is 3. The van der Waals surface area contributed by atoms with Crippen molar-refractivity contribution in [2.45, 2.75) is 50.8 Å². The highest BCUT2D eigenvalue weighted by Gasteiger charge is 2.28. The lowest BCUT2D eigenvalue weighted by atomic mass is 9.94. The summed E-state index contributed by atoms with van der Waals surface area (Å²) < 4.78 is 23.3. The Kier molecular flexibility index (Phi) is 4.19. The van der Waals surface area contributed by atoms with Crippen molar-refractivity contribution in [3.63, 3.8) is 0 Å². The van der Waals surface area contributed by atoms with Gasteiger partial charge in [0.2, 0.25) is 0 Å². The maximum atomic E-state index is 11.7. The lowest BCUT2D eigenvalue weighted by Crippen LogP contribution is -2.34. The molecule has 0 aliphatic heterocycles. The molecule has 106 valence electrons. The van der Waals surface area contributed by atoms with Gasteiger partial charge in [0, 0.05) is 18.0 Å². The van der Waals surface area contributed by atoms with Crippen LogP contribution in [0, 0.1) is 13.8 Å². The highest BCUT2D eigenvalue weighted by Crippen LogP contribution is 2.27. The second-order valence-electron chi connectivity index (χ2n) is 5.84. The van der Waals surface area contributed by atoms with Crippen LogP contribution in [0.3, 0.4) is 0 Å². The van der Waals surface area contributed by atoms with E-state index < -0.39 is 9.84 Å². The van der Waals surface area contributed by atoms with Crippen LogP contribution in [0.5, 0.6) is 0 Å². The molecule has 2 rings (SSSR count). The molecule has 0 spiro atoms. The number of nitrogens with one attached hydrogen (secondary N) is 1. The maximum absolute atomic E-state index is 11.7. The Morgan fingerprint density at radius 2 is 1.74 bits per heavy atom. The molecule has 19 heavy (non-hydrogen) atoms. The molecule has 1 aromatic carbocycles. The van der Waals surface area contributed by atoms with E-state index >= 15 is 0 Å². The summed E-state index contributed by atoms with van der Waals surface area (Å²) in [4.78, 5) is 0. The van der Waals surface area contributed by atoms with E-state index in [-0.39, 0.29) is 11.3 Å². The van der Waals surface area contributed by atoms with Crippen LogP contribution < -0.4 is 5.32 Å². The number of aryl methyl sites for hydroxylation is 2. The molecule has 1 aromatic rings. The SMILES string of the molecule is Cc1cc(C)cc(NC2CCCC(S(C)(=O)=O)C2)c1. The Hall–Kier alpha value is -1.03. The number of hydrogen-bond acceptors (Lipinski definition) is 3. The van der Waals surface area contributed by atoms with E-state index in [0.29, 0.717) is 0 Å². The topological polar surface area (TPSA) is 46.2 Å². The van der Waals surface area contributed by atoms with E-state index in [1.165, 1.54) is 17.4 Å². The van der Waals surface area contributed by atoms with Gasteiger partial charge in [0.05, 0.1) is 5.25 Å². The largest absolute Gasteiger partial charge is 0.382 e. The quantitative estimate of drug-likeness (QED) is 0.926. The van der Waals surface area contributed by atoms with Gasteiger partial charge in [0.1, 0.15) is 9.84 Å². The third-order valence-electron chi connectivity index (χ3n) is 3.82. The van der Waals surface area contributed by atoms with Gasteiger partial charge in [-0.2, -0.15) is 0 Å². The fraction of sp³-hybridized carbons (Fsp3) is 0.600. The Balaban J connectivity index is 2.06. The summed E-state index contributed by atoms with van der Waals surface area (Å²) in [5.41, 5.74) is 3.58. The summed E-state index contributed by atoms with van der Waals surface area (Å²) in [6.45, 7) is 4.16. The molecule has 1 N–H and O–H groups in total. The van der Waals surface area contributed by atoms with Gasteiger partial charge in [-0.25, -0.2) is 8.42 Å². The van der Waals surface area contributed by atoms with Crippen molar-refractivity contribution in [3.05, 3.63) is 29.3 Å². The average Bonchev–Trinajstić information content (AvgIpc) is 2.26. The Morgan fingerprint density at radius 3 is 2.32 bits per heavy atom. The zero-order valence-corrected chi connectivity index (χ0v) is 12.8. The first kappa shape index (κ1) is 14.4. The zero-order valence-electron chi connectivity index (χ0n) is 11.9. The normalized spacial score (nSPS) is 24.2. The van der Waals surface area contributed by atoms with Crippen molar-refractivity contribution in [2.24, 2.45) is 0 Å². The van der Waals surface area contributed by atoms with Gasteiger partial charge < -0.3 is 5.32 Å². The average molecular weight is 281 g/mol. The second kappa shape index (κ2) is 5.53. The van der Waals surface area contributed by atoms with Gasteiger partial charge in [0.15, 0.2) is 0 Å².